The molecule has 0 spiro atoms. The Morgan fingerprint density at radius 3 is 2.00 bits per heavy atom. The molecule has 0 amide bonds. The van der Waals surface area contributed by atoms with Crippen molar-refractivity contribution in [1.82, 2.24) is 9.55 Å². The summed E-state index contributed by atoms with van der Waals surface area (Å²) in [7, 11) is 0. The van der Waals surface area contributed by atoms with Crippen molar-refractivity contribution in [3.63, 3.8) is 0 Å². The van der Waals surface area contributed by atoms with Gasteiger partial charge in [0.05, 0.1) is 0 Å². The number of hydrogen-bond donors (Lipinski definition) is 1. The van der Waals surface area contributed by atoms with Crippen molar-refractivity contribution >= 4 is 5.97 Å². The van der Waals surface area contributed by atoms with Gasteiger partial charge in [0, 0.05) is 24.9 Å². The van der Waals surface area contributed by atoms with E-state index in [0.29, 0.717) is 5.92 Å². The maximum atomic E-state index is 10.6. The van der Waals surface area contributed by atoms with Crippen molar-refractivity contribution in [2.24, 2.45) is 5.92 Å². The van der Waals surface area contributed by atoms with Crippen LogP contribution in [0, 0.1) is 5.92 Å². The molecule has 1 rings (SSSR count). The number of aromatic amines is 1. The van der Waals surface area contributed by atoms with Crippen LogP contribution in [0.4, 0.5) is 0 Å². The van der Waals surface area contributed by atoms with Gasteiger partial charge in [0.15, 0.2) is 0 Å². The second kappa shape index (κ2) is 16.9. The van der Waals surface area contributed by atoms with Crippen molar-refractivity contribution in [3.8, 4) is 0 Å². The summed E-state index contributed by atoms with van der Waals surface area (Å²) < 4.78 is 1.60. The molecule has 1 aromatic heterocycles. The highest BCUT2D eigenvalue weighted by atomic mass is 16.4. The summed E-state index contributed by atoms with van der Waals surface area (Å²) in [5.41, 5.74) is -0.0347. The van der Waals surface area contributed by atoms with Crippen molar-refractivity contribution in [2.45, 2.75) is 104 Å². The summed E-state index contributed by atoms with van der Waals surface area (Å²) in [6.45, 7) is 6.98. The fraction of sp³-hybridized carbons (Fsp3) is 0.810. The highest BCUT2D eigenvalue weighted by Crippen LogP contribution is 2.18. The number of carbonyl (C=O) groups is 1. The van der Waals surface area contributed by atoms with Crippen molar-refractivity contribution in [3.05, 3.63) is 22.9 Å². The predicted octanol–water partition coefficient (Wildman–Crippen LogP) is 4.27. The number of unbranched alkanes of at least 4 members (excludes halogenated alkanes) is 8. The van der Waals surface area contributed by atoms with Gasteiger partial charge in [-0.05, 0) is 19.3 Å². The molecule has 26 heavy (non-hydrogen) atoms. The molecule has 1 aromatic rings. The summed E-state index contributed by atoms with van der Waals surface area (Å²) in [5, 5.41) is 10.5. The van der Waals surface area contributed by atoms with Gasteiger partial charge in [-0.3, -0.25) is 4.57 Å². The molecule has 0 aliphatic heterocycles. The van der Waals surface area contributed by atoms with E-state index in [1.165, 1.54) is 57.8 Å². The smallest absolute Gasteiger partial charge is 0.325 e. The van der Waals surface area contributed by atoms with Gasteiger partial charge in [-0.15, -0.1) is 0 Å². The Kier molecular flexibility index (Phi) is 15.9. The minimum absolute atomic E-state index is 0.0347. The fourth-order valence-electron chi connectivity index (χ4n) is 3.03. The maximum Gasteiger partial charge on any atom is 0.325 e. The summed E-state index contributed by atoms with van der Waals surface area (Å²) >= 11 is 0. The first-order valence-corrected chi connectivity index (χ1v) is 10.5. The average Bonchev–Trinajstić information content (AvgIpc) is 3.04. The van der Waals surface area contributed by atoms with E-state index in [9.17, 15) is 14.7 Å². The zero-order valence-corrected chi connectivity index (χ0v) is 17.1. The molecule has 5 nitrogen and oxygen atoms in total. The zero-order valence-electron chi connectivity index (χ0n) is 17.1. The first kappa shape index (κ1) is 24.5. The van der Waals surface area contributed by atoms with E-state index in [1.54, 1.807) is 17.0 Å². The zero-order chi connectivity index (χ0) is 19.6. The summed E-state index contributed by atoms with van der Waals surface area (Å²) in [5.74, 6) is -0.558. The molecule has 0 aliphatic rings. The Bertz CT molecular complexity index is 493. The van der Waals surface area contributed by atoms with E-state index in [4.69, 9.17) is 0 Å². The van der Waals surface area contributed by atoms with Crippen LogP contribution in [0.3, 0.4) is 0 Å². The van der Waals surface area contributed by atoms with Gasteiger partial charge in [0.2, 0.25) is 0 Å². The fourth-order valence-corrected chi connectivity index (χ4v) is 3.03. The molecule has 0 fully saturated rings. The van der Waals surface area contributed by atoms with Crippen LogP contribution in [-0.4, -0.2) is 15.5 Å². The minimum atomic E-state index is -0.891. The highest BCUT2D eigenvalue weighted by molar-refractivity contribution is 5.64. The lowest BCUT2D eigenvalue weighted by Crippen LogP contribution is -2.25. The number of nitrogens with zero attached hydrogens (tertiary/aromatic N) is 1. The first-order chi connectivity index (χ1) is 12.5. The second-order valence-electron chi connectivity index (χ2n) is 7.02. The van der Waals surface area contributed by atoms with Gasteiger partial charge < -0.3 is 14.9 Å². The van der Waals surface area contributed by atoms with Crippen LogP contribution in [0.25, 0.3) is 0 Å². The molecule has 1 unspecified atom stereocenters. The lowest BCUT2D eigenvalue weighted by Gasteiger charge is -2.14. The molecule has 1 N–H and O–H groups in total. The molecule has 0 aliphatic carbocycles. The lowest BCUT2D eigenvalue weighted by atomic mass is 9.95. The number of carboxylic acid groups (broad SMARTS) is 1. The average molecular weight is 368 g/mol. The number of carbonyl (C=O) groups excluding carboxylic acids is 1. The van der Waals surface area contributed by atoms with E-state index >= 15 is 0 Å². The Hall–Kier alpha value is -1.52. The molecule has 0 aromatic carbocycles. The van der Waals surface area contributed by atoms with Gasteiger partial charge in [-0.1, -0.05) is 84.5 Å². The van der Waals surface area contributed by atoms with Gasteiger partial charge in [0.25, 0.3) is 0 Å². The number of hydrogen-bond acceptors (Lipinski definition) is 3. The van der Waals surface area contributed by atoms with Crippen LogP contribution in [0.15, 0.2) is 17.2 Å². The van der Waals surface area contributed by atoms with Crippen molar-refractivity contribution < 1.29 is 9.90 Å². The molecule has 1 heterocycles. The number of nitrogens with one attached hydrogen (secondary N) is 1. The third kappa shape index (κ3) is 13.7. The summed E-state index contributed by atoms with van der Waals surface area (Å²) in [6.07, 6.45) is 17.6. The van der Waals surface area contributed by atoms with E-state index in [2.05, 4.69) is 18.8 Å². The molecule has 1 atom stereocenters. The van der Waals surface area contributed by atoms with E-state index < -0.39 is 5.97 Å². The third-order valence-electron chi connectivity index (χ3n) is 4.81. The molecule has 0 saturated carbocycles. The number of carboxylic acids is 1. The Labute approximate surface area is 159 Å². The number of aliphatic carboxylic acids is 1. The number of H-pyrrole nitrogens is 1. The number of rotatable bonds is 14. The second-order valence-corrected chi connectivity index (χ2v) is 7.02. The number of imidazole rings is 1. The molecule has 152 valence electrons. The Morgan fingerprint density at radius 1 is 1.04 bits per heavy atom. The SMILES string of the molecule is CCCCCCCCCCCC(CC)CC(=O)[O-].CCn1cc[nH]c1=O. The Morgan fingerprint density at radius 2 is 1.62 bits per heavy atom. The monoisotopic (exact) mass is 367 g/mol. The van der Waals surface area contributed by atoms with Crippen LogP contribution >= 0.6 is 0 Å². The van der Waals surface area contributed by atoms with Gasteiger partial charge in [-0.25, -0.2) is 4.79 Å². The van der Waals surface area contributed by atoms with E-state index in [-0.39, 0.29) is 12.1 Å². The number of aromatic nitrogens is 2. The van der Waals surface area contributed by atoms with Crippen LogP contribution in [0.2, 0.25) is 0 Å². The molecule has 5 heteroatoms. The first-order valence-electron chi connectivity index (χ1n) is 10.5. The van der Waals surface area contributed by atoms with Crippen LogP contribution in [0.5, 0.6) is 0 Å². The molecule has 0 bridgehead atoms. The normalized spacial score (nSPS) is 11.7. The largest absolute Gasteiger partial charge is 0.550 e. The van der Waals surface area contributed by atoms with Gasteiger partial charge >= 0.3 is 5.69 Å². The molecular formula is C21H39N2O3-. The topological polar surface area (TPSA) is 77.9 Å². The molecular weight excluding hydrogens is 328 g/mol. The van der Waals surface area contributed by atoms with Crippen LogP contribution < -0.4 is 10.8 Å². The standard InChI is InChI=1S/C16H32O2.C5H8N2O/c1-3-5-6-7-8-9-10-11-12-13-15(4-2)14-16(17)18;1-2-7-4-3-6-5(7)8/h15H,3-14H2,1-2H3,(H,17,18);3-4H,2H2,1H3,(H,6,8)/p-1. The molecule has 0 saturated heterocycles. The third-order valence-corrected chi connectivity index (χ3v) is 4.81. The molecule has 0 radical (unpaired) electrons. The highest BCUT2D eigenvalue weighted by Gasteiger charge is 2.05. The van der Waals surface area contributed by atoms with Gasteiger partial charge in [-0.2, -0.15) is 0 Å². The van der Waals surface area contributed by atoms with Gasteiger partial charge in [0.1, 0.15) is 0 Å². The quantitative estimate of drug-likeness (QED) is 0.499. The minimum Gasteiger partial charge on any atom is -0.550 e. The maximum absolute atomic E-state index is 10.6. The van der Waals surface area contributed by atoms with E-state index in [1.807, 2.05) is 6.92 Å². The lowest BCUT2D eigenvalue weighted by molar-refractivity contribution is -0.306. The van der Waals surface area contributed by atoms with Crippen LogP contribution in [0.1, 0.15) is 97.8 Å². The summed E-state index contributed by atoms with van der Waals surface area (Å²) in [6, 6.07) is 0. The number of aryl methyl sites for hydroxylation is 1. The predicted molar refractivity (Wildman–Crippen MR) is 106 cm³/mol. The van der Waals surface area contributed by atoms with Crippen LogP contribution in [-0.2, 0) is 11.3 Å². The summed E-state index contributed by atoms with van der Waals surface area (Å²) in [4.78, 5) is 23.6. The van der Waals surface area contributed by atoms with Crippen molar-refractivity contribution in [2.75, 3.05) is 0 Å². The van der Waals surface area contributed by atoms with Crippen molar-refractivity contribution in [1.29, 1.82) is 0 Å². The Balaban J connectivity index is 0.000000642. The van der Waals surface area contributed by atoms with E-state index in [0.717, 1.165) is 19.4 Å².